The molecule has 1 rings (SSSR count). The highest BCUT2D eigenvalue weighted by Crippen LogP contribution is 2.17. The van der Waals surface area contributed by atoms with E-state index in [1.165, 1.54) is 12.0 Å². The van der Waals surface area contributed by atoms with Gasteiger partial charge in [0.2, 0.25) is 0 Å². The van der Waals surface area contributed by atoms with Gasteiger partial charge in [0.05, 0.1) is 13.0 Å². The molecule has 0 aromatic rings. The summed E-state index contributed by atoms with van der Waals surface area (Å²) in [5.41, 5.74) is 0. The van der Waals surface area contributed by atoms with Gasteiger partial charge in [-0.1, -0.05) is 0 Å². The summed E-state index contributed by atoms with van der Waals surface area (Å²) in [6.07, 6.45) is 5.46. The van der Waals surface area contributed by atoms with Gasteiger partial charge in [-0.2, -0.15) is 0 Å². The van der Waals surface area contributed by atoms with Crippen LogP contribution in [0.4, 0.5) is 4.79 Å². The molecule has 2 atom stereocenters. The Kier molecular flexibility index (Phi) is 5.18. The van der Waals surface area contributed by atoms with Crippen LogP contribution in [0.2, 0.25) is 0 Å². The van der Waals surface area contributed by atoms with Crippen LogP contribution in [0, 0.1) is 18.3 Å². The summed E-state index contributed by atoms with van der Waals surface area (Å²) in [5.74, 6) is 0.286. The Balaban J connectivity index is 2.53. The van der Waals surface area contributed by atoms with E-state index in [1.54, 1.807) is 0 Å². The average molecular weight is 268 g/mol. The van der Waals surface area contributed by atoms with Gasteiger partial charge in [0.25, 0.3) is 0 Å². The number of methoxy groups -OCH3 is 1. The number of carboxylic acid groups (broad SMARTS) is 1. The lowest BCUT2D eigenvalue weighted by atomic mass is 10.1. The number of amides is 2. The fraction of sp³-hybridized carbons (Fsp3) is 0.583. The molecule has 0 saturated carbocycles. The van der Waals surface area contributed by atoms with Gasteiger partial charge >= 0.3 is 18.0 Å². The maximum absolute atomic E-state index is 11.8. The Bertz CT molecular complexity index is 415. The Morgan fingerprint density at radius 1 is 1.58 bits per heavy atom. The number of rotatable bonds is 4. The number of ether oxygens (including phenoxy) is 1. The molecule has 0 aromatic heterocycles. The highest BCUT2D eigenvalue weighted by atomic mass is 16.5. The van der Waals surface area contributed by atoms with Gasteiger partial charge in [0.15, 0.2) is 0 Å². The topological polar surface area (TPSA) is 95.9 Å². The van der Waals surface area contributed by atoms with Crippen LogP contribution in [-0.2, 0) is 14.3 Å². The van der Waals surface area contributed by atoms with Crippen molar-refractivity contribution < 1.29 is 24.2 Å². The number of aliphatic carboxylic acids is 1. The number of hydrogen-bond acceptors (Lipinski definition) is 4. The molecule has 1 aliphatic rings. The molecule has 1 aliphatic heterocycles. The molecule has 2 N–H and O–H groups in total. The molecule has 0 bridgehead atoms. The first-order valence-electron chi connectivity index (χ1n) is 5.79. The Hall–Kier alpha value is -2.23. The van der Waals surface area contributed by atoms with Crippen molar-refractivity contribution in [1.29, 1.82) is 0 Å². The normalized spacial score (nSPS) is 19.4. The number of urea groups is 1. The molecule has 1 fully saturated rings. The van der Waals surface area contributed by atoms with Crippen molar-refractivity contribution in [2.24, 2.45) is 5.92 Å². The molecule has 0 aliphatic carbocycles. The van der Waals surface area contributed by atoms with Crippen LogP contribution in [0.5, 0.6) is 0 Å². The number of esters is 1. The van der Waals surface area contributed by atoms with E-state index >= 15 is 0 Å². The largest absolute Gasteiger partial charge is 0.480 e. The maximum atomic E-state index is 11.8. The van der Waals surface area contributed by atoms with Gasteiger partial charge in [-0.3, -0.25) is 4.79 Å². The first-order chi connectivity index (χ1) is 8.99. The van der Waals surface area contributed by atoms with Gasteiger partial charge < -0.3 is 20.1 Å². The van der Waals surface area contributed by atoms with Crippen molar-refractivity contribution in [1.82, 2.24) is 10.2 Å². The lowest BCUT2D eigenvalue weighted by molar-refractivity contribution is -0.145. The quantitative estimate of drug-likeness (QED) is 0.537. The van der Waals surface area contributed by atoms with Crippen LogP contribution < -0.4 is 5.32 Å². The van der Waals surface area contributed by atoms with Crippen LogP contribution in [-0.4, -0.2) is 54.2 Å². The molecule has 2 amide bonds. The van der Waals surface area contributed by atoms with Crippen LogP contribution in [0.3, 0.4) is 0 Å². The second kappa shape index (κ2) is 6.64. The number of hydrogen-bond donors (Lipinski definition) is 2. The third-order valence-electron chi connectivity index (χ3n) is 2.93. The molecule has 7 heteroatoms. The van der Waals surface area contributed by atoms with Crippen molar-refractivity contribution in [3.8, 4) is 12.3 Å². The van der Waals surface area contributed by atoms with E-state index in [9.17, 15) is 14.4 Å². The smallest absolute Gasteiger partial charge is 0.327 e. The zero-order chi connectivity index (χ0) is 14.4. The molecular formula is C12H16N2O5. The molecule has 7 nitrogen and oxygen atoms in total. The van der Waals surface area contributed by atoms with Gasteiger partial charge in [0, 0.05) is 19.5 Å². The molecule has 1 saturated heterocycles. The molecule has 104 valence electrons. The zero-order valence-corrected chi connectivity index (χ0v) is 10.6. The van der Waals surface area contributed by atoms with Gasteiger partial charge in [-0.05, 0) is 6.42 Å². The molecular weight excluding hydrogens is 252 g/mol. The van der Waals surface area contributed by atoms with Crippen molar-refractivity contribution in [3.05, 3.63) is 0 Å². The monoisotopic (exact) mass is 268 g/mol. The highest BCUT2D eigenvalue weighted by Gasteiger charge is 2.33. The van der Waals surface area contributed by atoms with Gasteiger partial charge in [-0.25, -0.2) is 9.59 Å². The predicted octanol–water partition coefficient (Wildman–Crippen LogP) is -0.333. The van der Waals surface area contributed by atoms with Crippen LogP contribution in [0.25, 0.3) is 0 Å². The van der Waals surface area contributed by atoms with Crippen LogP contribution in [0.15, 0.2) is 0 Å². The van der Waals surface area contributed by atoms with E-state index in [1.807, 2.05) is 0 Å². The van der Waals surface area contributed by atoms with E-state index in [4.69, 9.17) is 11.5 Å². The molecule has 19 heavy (non-hydrogen) atoms. The fourth-order valence-electron chi connectivity index (χ4n) is 1.86. The average Bonchev–Trinajstić information content (AvgIpc) is 2.86. The number of likely N-dealkylation sites (tertiary alicyclic amines) is 1. The SMILES string of the molecule is C#CCC(NC(=O)N1CCC(C(=O)OC)C1)C(=O)O. The summed E-state index contributed by atoms with van der Waals surface area (Å²) in [6, 6.07) is -1.65. The number of terminal acetylenes is 1. The minimum absolute atomic E-state index is 0.0880. The first-order valence-corrected chi connectivity index (χ1v) is 5.79. The Labute approximate surface area is 110 Å². The third kappa shape index (κ3) is 3.88. The molecule has 0 radical (unpaired) electrons. The number of carbonyl (C=O) groups is 3. The van der Waals surface area contributed by atoms with E-state index in [0.717, 1.165) is 0 Å². The number of carbonyl (C=O) groups excluding carboxylic acids is 2. The number of carboxylic acids is 1. The van der Waals surface area contributed by atoms with Crippen LogP contribution >= 0.6 is 0 Å². The van der Waals surface area contributed by atoms with Gasteiger partial charge in [0.1, 0.15) is 6.04 Å². The third-order valence-corrected chi connectivity index (χ3v) is 2.93. The fourth-order valence-corrected chi connectivity index (χ4v) is 1.86. The predicted molar refractivity (Wildman–Crippen MR) is 65.1 cm³/mol. The summed E-state index contributed by atoms with van der Waals surface area (Å²) in [6.45, 7) is 0.606. The first kappa shape index (κ1) is 14.8. The lowest BCUT2D eigenvalue weighted by Gasteiger charge is -2.19. The number of nitrogens with one attached hydrogen (secondary N) is 1. The highest BCUT2D eigenvalue weighted by molar-refractivity contribution is 5.83. The maximum Gasteiger partial charge on any atom is 0.327 e. The summed E-state index contributed by atoms with van der Waals surface area (Å²) in [7, 11) is 1.29. The van der Waals surface area contributed by atoms with Gasteiger partial charge in [-0.15, -0.1) is 12.3 Å². The minimum Gasteiger partial charge on any atom is -0.480 e. The molecule has 0 aromatic carbocycles. The van der Waals surface area contributed by atoms with Crippen molar-refractivity contribution in [3.63, 3.8) is 0 Å². The molecule has 0 spiro atoms. The summed E-state index contributed by atoms with van der Waals surface area (Å²) < 4.78 is 4.60. The summed E-state index contributed by atoms with van der Waals surface area (Å²) >= 11 is 0. The zero-order valence-electron chi connectivity index (χ0n) is 10.6. The lowest BCUT2D eigenvalue weighted by Crippen LogP contribution is -2.47. The second-order valence-corrected chi connectivity index (χ2v) is 4.20. The molecule has 2 unspecified atom stereocenters. The molecule has 1 heterocycles. The summed E-state index contributed by atoms with van der Waals surface area (Å²) in [4.78, 5) is 35.4. The number of nitrogens with zero attached hydrogens (tertiary/aromatic N) is 1. The van der Waals surface area contributed by atoms with E-state index in [0.29, 0.717) is 13.0 Å². The Morgan fingerprint density at radius 2 is 2.26 bits per heavy atom. The van der Waals surface area contributed by atoms with E-state index in [-0.39, 0.29) is 24.9 Å². The standard InChI is InChI=1S/C12H16N2O5/c1-3-4-9(10(15)16)13-12(18)14-6-5-8(7-14)11(17)19-2/h1,8-9H,4-7H2,2H3,(H,13,18)(H,15,16). The van der Waals surface area contributed by atoms with E-state index < -0.39 is 18.0 Å². The summed E-state index contributed by atoms with van der Waals surface area (Å²) in [5, 5.41) is 11.2. The Morgan fingerprint density at radius 3 is 2.79 bits per heavy atom. The second-order valence-electron chi connectivity index (χ2n) is 4.20. The van der Waals surface area contributed by atoms with E-state index in [2.05, 4.69) is 16.0 Å². The van der Waals surface area contributed by atoms with Crippen molar-refractivity contribution in [2.45, 2.75) is 18.9 Å². The van der Waals surface area contributed by atoms with Crippen molar-refractivity contribution >= 4 is 18.0 Å². The minimum atomic E-state index is -1.19. The van der Waals surface area contributed by atoms with Crippen molar-refractivity contribution in [2.75, 3.05) is 20.2 Å². The van der Waals surface area contributed by atoms with Crippen LogP contribution in [0.1, 0.15) is 12.8 Å².